The van der Waals surface area contributed by atoms with Crippen molar-refractivity contribution in [2.45, 2.75) is 19.9 Å². The zero-order valence-corrected chi connectivity index (χ0v) is 7.74. The van der Waals surface area contributed by atoms with Crippen LogP contribution in [0.5, 0.6) is 5.75 Å². The summed E-state index contributed by atoms with van der Waals surface area (Å²) in [5, 5.41) is 11.9. The first kappa shape index (κ1) is 9.58. The Kier molecular flexibility index (Phi) is 2.90. The molecule has 0 fully saturated rings. The van der Waals surface area contributed by atoms with Crippen LogP contribution in [-0.4, -0.2) is 11.0 Å². The second-order valence-electron chi connectivity index (χ2n) is 3.02. The topological polar surface area (TPSA) is 49.3 Å². The van der Waals surface area contributed by atoms with E-state index in [-0.39, 0.29) is 17.7 Å². The van der Waals surface area contributed by atoms with Crippen LogP contribution in [0.3, 0.4) is 0 Å². The molecule has 0 saturated heterocycles. The number of nitrogens with one attached hydrogen (secondary N) is 1. The van der Waals surface area contributed by atoms with Crippen LogP contribution in [0.2, 0.25) is 0 Å². The van der Waals surface area contributed by atoms with E-state index in [1.165, 1.54) is 6.92 Å². The number of carbonyl (C=O) groups excluding carboxylic acids is 1. The van der Waals surface area contributed by atoms with Crippen LogP contribution in [-0.2, 0) is 4.79 Å². The molecule has 1 aromatic rings. The normalized spacial score (nSPS) is 12.2. The average Bonchev–Trinajstić information content (AvgIpc) is 2.03. The summed E-state index contributed by atoms with van der Waals surface area (Å²) in [6.45, 7) is 3.34. The molecule has 0 aliphatic rings. The van der Waals surface area contributed by atoms with E-state index in [9.17, 15) is 9.90 Å². The number of phenols is 1. The lowest BCUT2D eigenvalue weighted by Crippen LogP contribution is -2.23. The van der Waals surface area contributed by atoms with Crippen molar-refractivity contribution in [2.24, 2.45) is 0 Å². The number of benzene rings is 1. The van der Waals surface area contributed by atoms with Gasteiger partial charge in [-0.05, 0) is 24.6 Å². The fourth-order valence-electron chi connectivity index (χ4n) is 1.18. The molecular weight excluding hydrogens is 166 g/mol. The van der Waals surface area contributed by atoms with Crippen molar-refractivity contribution in [2.75, 3.05) is 0 Å². The monoisotopic (exact) mass is 179 g/mol. The quantitative estimate of drug-likeness (QED) is 0.724. The van der Waals surface area contributed by atoms with Crippen molar-refractivity contribution in [1.29, 1.82) is 0 Å². The van der Waals surface area contributed by atoms with E-state index < -0.39 is 0 Å². The predicted molar refractivity (Wildman–Crippen MR) is 50.3 cm³/mol. The van der Waals surface area contributed by atoms with Gasteiger partial charge in [0.2, 0.25) is 5.91 Å². The number of carbonyl (C=O) groups is 1. The second-order valence-corrected chi connectivity index (χ2v) is 3.02. The Bertz CT molecular complexity index is 310. The Morgan fingerprint density at radius 3 is 2.77 bits per heavy atom. The third-order valence-electron chi connectivity index (χ3n) is 1.79. The lowest BCUT2D eigenvalue weighted by Gasteiger charge is -2.12. The summed E-state index contributed by atoms with van der Waals surface area (Å²) in [6, 6.07) is 6.79. The van der Waals surface area contributed by atoms with Gasteiger partial charge in [-0.2, -0.15) is 0 Å². The summed E-state index contributed by atoms with van der Waals surface area (Å²) in [5.41, 5.74) is 0.898. The summed E-state index contributed by atoms with van der Waals surface area (Å²) in [5.74, 6) is 0.144. The van der Waals surface area contributed by atoms with Crippen molar-refractivity contribution in [3.63, 3.8) is 0 Å². The number of rotatable bonds is 2. The van der Waals surface area contributed by atoms with E-state index in [2.05, 4.69) is 5.32 Å². The Hall–Kier alpha value is -1.51. The SMILES string of the molecule is CC(=O)N[C@@H](C)c1cccc(O)c1. The molecule has 0 aromatic heterocycles. The number of hydrogen-bond acceptors (Lipinski definition) is 2. The summed E-state index contributed by atoms with van der Waals surface area (Å²) >= 11 is 0. The molecule has 70 valence electrons. The van der Waals surface area contributed by atoms with Crippen LogP contribution < -0.4 is 5.32 Å². The highest BCUT2D eigenvalue weighted by atomic mass is 16.3. The van der Waals surface area contributed by atoms with Gasteiger partial charge in [0.1, 0.15) is 5.75 Å². The lowest BCUT2D eigenvalue weighted by molar-refractivity contribution is -0.119. The summed E-state index contributed by atoms with van der Waals surface area (Å²) < 4.78 is 0. The Balaban J connectivity index is 2.76. The maximum atomic E-state index is 10.7. The second kappa shape index (κ2) is 3.94. The van der Waals surface area contributed by atoms with E-state index in [0.717, 1.165) is 5.56 Å². The summed E-state index contributed by atoms with van der Waals surface area (Å²) in [4.78, 5) is 10.7. The molecule has 0 bridgehead atoms. The van der Waals surface area contributed by atoms with Crippen LogP contribution in [0.4, 0.5) is 0 Å². The molecule has 2 N–H and O–H groups in total. The van der Waals surface area contributed by atoms with Gasteiger partial charge in [-0.25, -0.2) is 0 Å². The van der Waals surface area contributed by atoms with Gasteiger partial charge in [0.05, 0.1) is 6.04 Å². The molecule has 1 aromatic carbocycles. The van der Waals surface area contributed by atoms with E-state index in [1.54, 1.807) is 18.2 Å². The maximum Gasteiger partial charge on any atom is 0.217 e. The average molecular weight is 179 g/mol. The molecule has 0 heterocycles. The van der Waals surface area contributed by atoms with Crippen LogP contribution in [0.15, 0.2) is 24.3 Å². The van der Waals surface area contributed by atoms with Gasteiger partial charge in [-0.15, -0.1) is 0 Å². The minimum atomic E-state index is -0.0733. The van der Waals surface area contributed by atoms with Gasteiger partial charge in [0.15, 0.2) is 0 Å². The van der Waals surface area contributed by atoms with Crippen LogP contribution in [0, 0.1) is 0 Å². The van der Waals surface area contributed by atoms with Crippen LogP contribution in [0.1, 0.15) is 25.5 Å². The number of aromatic hydroxyl groups is 1. The minimum Gasteiger partial charge on any atom is -0.508 e. The van der Waals surface area contributed by atoms with E-state index in [0.29, 0.717) is 0 Å². The third kappa shape index (κ3) is 2.78. The van der Waals surface area contributed by atoms with Gasteiger partial charge in [0, 0.05) is 6.92 Å². The van der Waals surface area contributed by atoms with Crippen molar-refractivity contribution in [3.05, 3.63) is 29.8 Å². The minimum absolute atomic E-state index is 0.0652. The number of amides is 1. The molecule has 13 heavy (non-hydrogen) atoms. The Morgan fingerprint density at radius 2 is 2.23 bits per heavy atom. The van der Waals surface area contributed by atoms with Crippen molar-refractivity contribution in [3.8, 4) is 5.75 Å². The highest BCUT2D eigenvalue weighted by molar-refractivity contribution is 5.73. The standard InChI is InChI=1S/C10H13NO2/c1-7(11-8(2)12)9-4-3-5-10(13)6-9/h3-7,13H,1-2H3,(H,11,12)/t7-/m0/s1. The summed E-state index contributed by atoms with van der Waals surface area (Å²) in [7, 11) is 0. The molecule has 0 aliphatic heterocycles. The molecule has 1 atom stereocenters. The smallest absolute Gasteiger partial charge is 0.217 e. The third-order valence-corrected chi connectivity index (χ3v) is 1.79. The van der Waals surface area contributed by atoms with Crippen molar-refractivity contribution in [1.82, 2.24) is 5.32 Å². The zero-order chi connectivity index (χ0) is 9.84. The molecule has 0 unspecified atom stereocenters. The van der Waals surface area contributed by atoms with Gasteiger partial charge < -0.3 is 10.4 Å². The number of phenolic OH excluding ortho intramolecular Hbond substituents is 1. The van der Waals surface area contributed by atoms with E-state index >= 15 is 0 Å². The molecule has 1 rings (SSSR count). The molecule has 1 amide bonds. The van der Waals surface area contributed by atoms with Crippen LogP contribution in [0.25, 0.3) is 0 Å². The summed E-state index contributed by atoms with van der Waals surface area (Å²) in [6.07, 6.45) is 0. The number of hydrogen-bond donors (Lipinski definition) is 2. The lowest BCUT2D eigenvalue weighted by atomic mass is 10.1. The Labute approximate surface area is 77.4 Å². The van der Waals surface area contributed by atoms with Crippen LogP contribution >= 0.6 is 0 Å². The zero-order valence-electron chi connectivity index (χ0n) is 7.74. The van der Waals surface area contributed by atoms with Gasteiger partial charge in [-0.1, -0.05) is 12.1 Å². The highest BCUT2D eigenvalue weighted by Gasteiger charge is 2.05. The van der Waals surface area contributed by atoms with Gasteiger partial charge in [-0.3, -0.25) is 4.79 Å². The van der Waals surface area contributed by atoms with E-state index in [4.69, 9.17) is 0 Å². The molecular formula is C10H13NO2. The fourth-order valence-corrected chi connectivity index (χ4v) is 1.18. The van der Waals surface area contributed by atoms with Gasteiger partial charge in [0.25, 0.3) is 0 Å². The first-order valence-corrected chi connectivity index (χ1v) is 4.15. The van der Waals surface area contributed by atoms with Gasteiger partial charge >= 0.3 is 0 Å². The molecule has 0 spiro atoms. The predicted octanol–water partition coefficient (Wildman–Crippen LogP) is 1.59. The van der Waals surface area contributed by atoms with Crippen molar-refractivity contribution >= 4 is 5.91 Å². The first-order valence-electron chi connectivity index (χ1n) is 4.15. The molecule has 0 aliphatic carbocycles. The molecule has 3 heteroatoms. The molecule has 0 saturated carbocycles. The molecule has 0 radical (unpaired) electrons. The van der Waals surface area contributed by atoms with Crippen molar-refractivity contribution < 1.29 is 9.90 Å². The fraction of sp³-hybridized carbons (Fsp3) is 0.300. The largest absolute Gasteiger partial charge is 0.508 e. The maximum absolute atomic E-state index is 10.7. The molecule has 3 nitrogen and oxygen atoms in total. The first-order chi connectivity index (χ1) is 6.09. The Morgan fingerprint density at radius 1 is 1.54 bits per heavy atom. The highest BCUT2D eigenvalue weighted by Crippen LogP contribution is 2.17. The van der Waals surface area contributed by atoms with E-state index in [1.807, 2.05) is 13.0 Å².